The molecule has 0 aliphatic carbocycles. The van der Waals surface area contributed by atoms with Crippen LogP contribution in [0.25, 0.3) is 0 Å². The minimum absolute atomic E-state index is 0.185. The molecule has 4 rings (SSSR count). The van der Waals surface area contributed by atoms with Gasteiger partial charge < -0.3 is 15.2 Å². The Morgan fingerprint density at radius 2 is 1.93 bits per heavy atom. The third-order valence-electron chi connectivity index (χ3n) is 5.80. The number of aromatic nitrogens is 1. The van der Waals surface area contributed by atoms with Crippen molar-refractivity contribution < 1.29 is 14.6 Å². The maximum atomic E-state index is 12.5. The van der Waals surface area contributed by atoms with E-state index in [-0.39, 0.29) is 12.5 Å². The van der Waals surface area contributed by atoms with Gasteiger partial charge in [-0.15, -0.1) is 0 Å². The van der Waals surface area contributed by atoms with Crippen LogP contribution in [0.4, 0.5) is 0 Å². The number of fused-ring (bicyclic) bond motifs is 1. The lowest BCUT2D eigenvalue weighted by molar-refractivity contribution is 0.0665. The molecule has 2 aromatic rings. The Morgan fingerprint density at radius 1 is 1.21 bits per heavy atom. The molecule has 0 spiro atoms. The van der Waals surface area contributed by atoms with Crippen molar-refractivity contribution in [3.8, 4) is 0 Å². The molecule has 29 heavy (non-hydrogen) atoms. The molecule has 1 aromatic carbocycles. The Kier molecular flexibility index (Phi) is 6.54. The number of amides is 1. The van der Waals surface area contributed by atoms with Crippen LogP contribution in [0.1, 0.15) is 39.9 Å². The van der Waals surface area contributed by atoms with E-state index in [9.17, 15) is 9.90 Å². The Labute approximate surface area is 171 Å². The number of hydrogen-bond donors (Lipinski definition) is 2. The molecule has 0 saturated carbocycles. The highest BCUT2D eigenvalue weighted by Gasteiger charge is 2.21. The Bertz CT molecular complexity index is 811. The molecular weight excluding hydrogens is 366 g/mol. The summed E-state index contributed by atoms with van der Waals surface area (Å²) in [5, 5.41) is 13.2. The monoisotopic (exact) mass is 395 g/mol. The fourth-order valence-electron chi connectivity index (χ4n) is 4.22. The zero-order valence-electron chi connectivity index (χ0n) is 16.7. The van der Waals surface area contributed by atoms with Gasteiger partial charge >= 0.3 is 0 Å². The van der Waals surface area contributed by atoms with E-state index in [0.29, 0.717) is 18.0 Å². The van der Waals surface area contributed by atoms with Gasteiger partial charge in [-0.3, -0.25) is 14.7 Å². The molecular formula is C23H29N3O3. The first-order chi connectivity index (χ1) is 14.2. The van der Waals surface area contributed by atoms with E-state index in [1.165, 1.54) is 11.1 Å². The van der Waals surface area contributed by atoms with Crippen LogP contribution in [0.5, 0.6) is 0 Å². The smallest absolute Gasteiger partial charge is 0.252 e. The molecule has 154 valence electrons. The van der Waals surface area contributed by atoms with Crippen LogP contribution in [0.15, 0.2) is 42.7 Å². The van der Waals surface area contributed by atoms with Gasteiger partial charge in [0.1, 0.15) is 0 Å². The minimum atomic E-state index is -0.605. The van der Waals surface area contributed by atoms with E-state index in [2.05, 4.69) is 27.3 Å². The number of rotatable bonds is 7. The van der Waals surface area contributed by atoms with Crippen molar-refractivity contribution in [2.75, 3.05) is 26.3 Å². The highest BCUT2D eigenvalue weighted by Crippen LogP contribution is 2.22. The number of benzene rings is 1. The molecule has 2 aliphatic rings. The van der Waals surface area contributed by atoms with Gasteiger partial charge in [-0.25, -0.2) is 0 Å². The molecule has 1 saturated heterocycles. The first-order valence-electron chi connectivity index (χ1n) is 10.4. The molecule has 1 amide bonds. The van der Waals surface area contributed by atoms with Crippen LogP contribution < -0.4 is 5.32 Å². The largest absolute Gasteiger partial charge is 0.390 e. The average molecular weight is 396 g/mol. The number of pyridine rings is 1. The second kappa shape index (κ2) is 9.48. The van der Waals surface area contributed by atoms with E-state index < -0.39 is 6.10 Å². The van der Waals surface area contributed by atoms with Gasteiger partial charge in [0.25, 0.3) is 5.91 Å². The molecule has 2 aliphatic heterocycles. The molecule has 0 unspecified atom stereocenters. The highest BCUT2D eigenvalue weighted by molar-refractivity contribution is 5.94. The van der Waals surface area contributed by atoms with Gasteiger partial charge in [-0.1, -0.05) is 24.3 Å². The molecule has 0 bridgehead atoms. The predicted octanol–water partition coefficient (Wildman–Crippen LogP) is 2.16. The van der Waals surface area contributed by atoms with Crippen LogP contribution in [0.2, 0.25) is 0 Å². The molecule has 1 fully saturated rings. The van der Waals surface area contributed by atoms with Gasteiger partial charge in [-0.2, -0.15) is 0 Å². The van der Waals surface area contributed by atoms with Crippen molar-refractivity contribution in [3.63, 3.8) is 0 Å². The summed E-state index contributed by atoms with van der Waals surface area (Å²) in [6, 6.07) is 10.3. The Balaban J connectivity index is 1.24. The second-order valence-electron chi connectivity index (χ2n) is 8.14. The first kappa shape index (κ1) is 20.0. The summed E-state index contributed by atoms with van der Waals surface area (Å²) in [5.41, 5.74) is 4.27. The quantitative estimate of drug-likeness (QED) is 0.752. The fraction of sp³-hybridized carbons (Fsp3) is 0.478. The first-order valence-corrected chi connectivity index (χ1v) is 10.4. The van der Waals surface area contributed by atoms with Crippen molar-refractivity contribution in [1.29, 1.82) is 0 Å². The summed E-state index contributed by atoms with van der Waals surface area (Å²) >= 11 is 0. The normalized spacial score (nSPS) is 18.4. The summed E-state index contributed by atoms with van der Waals surface area (Å²) in [7, 11) is 0. The number of aliphatic hydroxyl groups excluding tert-OH is 1. The molecule has 1 aromatic heterocycles. The predicted molar refractivity (Wildman–Crippen MR) is 110 cm³/mol. The van der Waals surface area contributed by atoms with Crippen molar-refractivity contribution in [3.05, 3.63) is 65.0 Å². The maximum Gasteiger partial charge on any atom is 0.252 e. The number of aliphatic hydroxyl groups is 1. The lowest BCUT2D eigenvalue weighted by Gasteiger charge is -2.22. The molecule has 0 radical (unpaired) electrons. The summed E-state index contributed by atoms with van der Waals surface area (Å²) < 4.78 is 5.41. The number of hydrogen-bond acceptors (Lipinski definition) is 5. The number of carbonyl (C=O) groups is 1. The molecule has 6 heteroatoms. The van der Waals surface area contributed by atoms with E-state index in [1.54, 1.807) is 6.20 Å². The van der Waals surface area contributed by atoms with Crippen LogP contribution >= 0.6 is 0 Å². The van der Waals surface area contributed by atoms with Crippen molar-refractivity contribution in [1.82, 2.24) is 15.2 Å². The number of nitrogens with one attached hydrogen (secondary N) is 1. The van der Waals surface area contributed by atoms with E-state index >= 15 is 0 Å². The van der Waals surface area contributed by atoms with Crippen LogP contribution in [-0.4, -0.2) is 53.3 Å². The third-order valence-corrected chi connectivity index (χ3v) is 5.80. The number of ether oxygens (including phenoxy) is 1. The lowest BCUT2D eigenvalue weighted by Crippen LogP contribution is -2.38. The van der Waals surface area contributed by atoms with Crippen molar-refractivity contribution >= 4 is 5.91 Å². The van der Waals surface area contributed by atoms with Crippen LogP contribution in [0.3, 0.4) is 0 Å². The van der Waals surface area contributed by atoms with Crippen molar-refractivity contribution in [2.45, 2.75) is 38.5 Å². The van der Waals surface area contributed by atoms with Gasteiger partial charge in [0, 0.05) is 51.8 Å². The zero-order valence-corrected chi connectivity index (χ0v) is 16.7. The van der Waals surface area contributed by atoms with Crippen molar-refractivity contribution in [2.24, 2.45) is 5.92 Å². The maximum absolute atomic E-state index is 12.5. The summed E-state index contributed by atoms with van der Waals surface area (Å²) in [4.78, 5) is 19.0. The SMILES string of the molecule is O=C(NC[C@H](O)CN1Cc2ccccc2C1)c1cncc(CC2CCOCC2)c1. The minimum Gasteiger partial charge on any atom is -0.390 e. The Morgan fingerprint density at radius 3 is 2.66 bits per heavy atom. The van der Waals surface area contributed by atoms with Crippen LogP contribution in [-0.2, 0) is 24.2 Å². The van der Waals surface area contributed by atoms with E-state index in [4.69, 9.17) is 4.74 Å². The van der Waals surface area contributed by atoms with E-state index in [1.807, 2.05) is 24.4 Å². The average Bonchev–Trinajstić information content (AvgIpc) is 3.15. The molecule has 3 heterocycles. The fourth-order valence-corrected chi connectivity index (χ4v) is 4.22. The second-order valence-corrected chi connectivity index (χ2v) is 8.14. The lowest BCUT2D eigenvalue weighted by atomic mass is 9.93. The number of carbonyl (C=O) groups excluding carboxylic acids is 1. The zero-order chi connectivity index (χ0) is 20.1. The number of nitrogens with zero attached hydrogens (tertiary/aromatic N) is 2. The van der Waals surface area contributed by atoms with E-state index in [0.717, 1.165) is 51.1 Å². The molecule has 6 nitrogen and oxygen atoms in total. The van der Waals surface area contributed by atoms with Gasteiger partial charge in [-0.05, 0) is 47.9 Å². The summed E-state index contributed by atoms with van der Waals surface area (Å²) in [6.45, 7) is 4.10. The topological polar surface area (TPSA) is 74.7 Å². The molecule has 1 atom stereocenters. The summed E-state index contributed by atoms with van der Waals surface area (Å²) in [6.07, 6.45) is 5.87. The van der Waals surface area contributed by atoms with Gasteiger partial charge in [0.05, 0.1) is 11.7 Å². The molecule has 2 N–H and O–H groups in total. The van der Waals surface area contributed by atoms with Crippen LogP contribution in [0, 0.1) is 5.92 Å². The third kappa shape index (κ3) is 5.41. The van der Waals surface area contributed by atoms with Gasteiger partial charge in [0.15, 0.2) is 0 Å². The summed E-state index contributed by atoms with van der Waals surface area (Å²) in [5.74, 6) is 0.408. The Hall–Kier alpha value is -2.28. The standard InChI is InChI=1S/C23H29N3O3/c27-22(16-26-14-19-3-1-2-4-20(19)15-26)13-25-23(28)21-10-18(11-24-12-21)9-17-5-7-29-8-6-17/h1-4,10-12,17,22,27H,5-9,13-16H2,(H,25,28)/t22-/m0/s1. The number of β-amino-alcohol motifs (C(OH)–C–C–N with tert-alkyl or cyclic N) is 1. The highest BCUT2D eigenvalue weighted by atomic mass is 16.5. The van der Waals surface area contributed by atoms with Gasteiger partial charge in [0.2, 0.25) is 0 Å².